The lowest BCUT2D eigenvalue weighted by Crippen LogP contribution is -2.32. The lowest BCUT2D eigenvalue weighted by Gasteiger charge is -2.28. The van der Waals surface area contributed by atoms with Crippen LogP contribution in [0.1, 0.15) is 22.3 Å². The van der Waals surface area contributed by atoms with Crippen LogP contribution in [0.25, 0.3) is 0 Å². The molecule has 0 bridgehead atoms. The molecule has 1 aromatic heterocycles. The Morgan fingerprint density at radius 3 is 2.76 bits per heavy atom. The maximum absolute atomic E-state index is 4.68. The summed E-state index contributed by atoms with van der Waals surface area (Å²) in [6, 6.07) is 14.9. The van der Waals surface area contributed by atoms with Gasteiger partial charge in [-0.3, -0.25) is 0 Å². The van der Waals surface area contributed by atoms with Crippen molar-refractivity contribution in [3.8, 4) is 0 Å². The summed E-state index contributed by atoms with van der Waals surface area (Å²) in [6.45, 7) is 5.90. The van der Waals surface area contributed by atoms with E-state index in [9.17, 15) is 0 Å². The van der Waals surface area contributed by atoms with Crippen molar-refractivity contribution < 1.29 is 0 Å². The number of nitrogens with one attached hydrogen (secondary N) is 1. The smallest absolute Gasteiger partial charge is 0.247 e. The van der Waals surface area contributed by atoms with E-state index in [1.807, 2.05) is 0 Å². The molecule has 0 aliphatic carbocycles. The largest absolute Gasteiger partial charge is 0.339 e. The van der Waals surface area contributed by atoms with Crippen molar-refractivity contribution in [3.05, 3.63) is 70.9 Å². The van der Waals surface area contributed by atoms with Crippen molar-refractivity contribution in [1.82, 2.24) is 15.2 Å². The molecule has 0 radical (unpaired) electrons. The minimum Gasteiger partial charge on any atom is -0.339 e. The summed E-state index contributed by atoms with van der Waals surface area (Å²) in [5.41, 5.74) is 6.19. The van der Waals surface area contributed by atoms with Crippen LogP contribution in [0.3, 0.4) is 0 Å². The first-order valence-corrected chi connectivity index (χ1v) is 8.55. The molecule has 2 heterocycles. The summed E-state index contributed by atoms with van der Waals surface area (Å²) in [4.78, 5) is 6.86. The van der Waals surface area contributed by atoms with Crippen molar-refractivity contribution in [1.29, 1.82) is 0 Å². The molecule has 0 atom stereocenters. The molecule has 126 valence electrons. The predicted octanol–water partition coefficient (Wildman–Crippen LogP) is 3.79. The highest BCUT2D eigenvalue weighted by molar-refractivity contribution is 5.61. The van der Waals surface area contributed by atoms with E-state index >= 15 is 0 Å². The van der Waals surface area contributed by atoms with Crippen molar-refractivity contribution in [2.24, 2.45) is 0 Å². The first kappa shape index (κ1) is 15.6. The Labute approximate surface area is 147 Å². The first-order chi connectivity index (χ1) is 12.2. The maximum atomic E-state index is 4.68. The van der Waals surface area contributed by atoms with Gasteiger partial charge in [-0.1, -0.05) is 36.4 Å². The standard InChI is InChI=1S/C20H21N5/c1-14-7-8-15(2)18(11-14)22-19-12-21-24-20(23-19)25-10-9-16-5-3-4-6-17(16)13-25/h3-8,11-12H,9-10,13H2,1-2H3,(H,22,23,24). The lowest BCUT2D eigenvalue weighted by atomic mass is 10.0. The molecule has 0 unspecified atom stereocenters. The Morgan fingerprint density at radius 2 is 1.88 bits per heavy atom. The summed E-state index contributed by atoms with van der Waals surface area (Å²) in [5.74, 6) is 1.39. The minimum absolute atomic E-state index is 0.671. The number of benzene rings is 2. The third-order valence-electron chi connectivity index (χ3n) is 4.62. The van der Waals surface area contributed by atoms with Crippen molar-refractivity contribution in [2.75, 3.05) is 16.8 Å². The van der Waals surface area contributed by atoms with E-state index in [0.717, 1.165) is 31.0 Å². The molecule has 0 spiro atoms. The fourth-order valence-corrected chi connectivity index (χ4v) is 3.16. The summed E-state index contributed by atoms with van der Waals surface area (Å²) >= 11 is 0. The quantitative estimate of drug-likeness (QED) is 0.791. The zero-order valence-electron chi connectivity index (χ0n) is 14.5. The van der Waals surface area contributed by atoms with Crippen LogP contribution in [-0.2, 0) is 13.0 Å². The van der Waals surface area contributed by atoms with Gasteiger partial charge in [0.15, 0.2) is 5.82 Å². The average molecular weight is 331 g/mol. The molecule has 0 fully saturated rings. The van der Waals surface area contributed by atoms with Crippen molar-refractivity contribution in [3.63, 3.8) is 0 Å². The second-order valence-electron chi connectivity index (χ2n) is 6.53. The summed E-state index contributed by atoms with van der Waals surface area (Å²) < 4.78 is 0. The van der Waals surface area contributed by atoms with Gasteiger partial charge in [0.1, 0.15) is 0 Å². The number of aromatic nitrogens is 3. The van der Waals surface area contributed by atoms with Gasteiger partial charge in [-0.05, 0) is 48.6 Å². The molecule has 3 aromatic rings. The predicted molar refractivity (Wildman–Crippen MR) is 100 cm³/mol. The van der Waals surface area contributed by atoms with E-state index in [4.69, 9.17) is 0 Å². The van der Waals surface area contributed by atoms with Gasteiger partial charge in [0.05, 0.1) is 6.20 Å². The second-order valence-corrected chi connectivity index (χ2v) is 6.53. The van der Waals surface area contributed by atoms with Crippen molar-refractivity contribution >= 4 is 17.5 Å². The van der Waals surface area contributed by atoms with Crippen LogP contribution in [0.4, 0.5) is 17.5 Å². The molecule has 0 amide bonds. The molecule has 1 aliphatic rings. The van der Waals surface area contributed by atoms with Gasteiger partial charge < -0.3 is 10.2 Å². The Hall–Kier alpha value is -2.95. The average Bonchev–Trinajstić information content (AvgIpc) is 2.64. The fourth-order valence-electron chi connectivity index (χ4n) is 3.16. The molecular weight excluding hydrogens is 310 g/mol. The van der Waals surface area contributed by atoms with Gasteiger partial charge in [0.25, 0.3) is 0 Å². The summed E-state index contributed by atoms with van der Waals surface area (Å²) in [6.07, 6.45) is 2.68. The van der Waals surface area contributed by atoms with Gasteiger partial charge in [0, 0.05) is 18.8 Å². The fraction of sp³-hybridized carbons (Fsp3) is 0.250. The third-order valence-corrected chi connectivity index (χ3v) is 4.62. The van der Waals surface area contributed by atoms with E-state index in [1.54, 1.807) is 6.20 Å². The number of anilines is 3. The molecule has 1 aliphatic heterocycles. The first-order valence-electron chi connectivity index (χ1n) is 8.55. The van der Waals surface area contributed by atoms with Crippen LogP contribution in [0.2, 0.25) is 0 Å². The molecule has 0 saturated heterocycles. The normalized spacial score (nSPS) is 13.4. The molecule has 4 rings (SSSR count). The van der Waals surface area contributed by atoms with E-state index in [1.165, 1.54) is 22.3 Å². The SMILES string of the molecule is Cc1ccc(C)c(Nc2cnnc(N3CCc4ccccc4C3)n2)c1. The Balaban J connectivity index is 1.57. The Morgan fingerprint density at radius 1 is 1.04 bits per heavy atom. The Kier molecular flexibility index (Phi) is 4.06. The van der Waals surface area contributed by atoms with Gasteiger partial charge >= 0.3 is 0 Å². The third kappa shape index (κ3) is 3.31. The number of rotatable bonds is 3. The van der Waals surface area contributed by atoms with Crippen LogP contribution in [0.5, 0.6) is 0 Å². The number of hydrogen-bond donors (Lipinski definition) is 1. The van der Waals surface area contributed by atoms with Gasteiger partial charge in [-0.2, -0.15) is 10.1 Å². The monoisotopic (exact) mass is 331 g/mol. The zero-order valence-corrected chi connectivity index (χ0v) is 14.5. The Bertz CT molecular complexity index is 906. The minimum atomic E-state index is 0.671. The number of nitrogens with zero attached hydrogens (tertiary/aromatic N) is 4. The van der Waals surface area contributed by atoms with Crippen LogP contribution >= 0.6 is 0 Å². The van der Waals surface area contributed by atoms with Crippen LogP contribution in [-0.4, -0.2) is 21.7 Å². The second kappa shape index (κ2) is 6.51. The van der Waals surface area contributed by atoms with Crippen LogP contribution in [0, 0.1) is 13.8 Å². The van der Waals surface area contributed by atoms with Gasteiger partial charge in [-0.15, -0.1) is 5.10 Å². The highest BCUT2D eigenvalue weighted by atomic mass is 15.3. The molecular formula is C20H21N5. The number of hydrogen-bond acceptors (Lipinski definition) is 5. The van der Waals surface area contributed by atoms with Gasteiger partial charge in [-0.25, -0.2) is 0 Å². The maximum Gasteiger partial charge on any atom is 0.247 e. The molecule has 5 nitrogen and oxygen atoms in total. The summed E-state index contributed by atoms with van der Waals surface area (Å²) in [5, 5.41) is 11.8. The highest BCUT2D eigenvalue weighted by Crippen LogP contribution is 2.24. The lowest BCUT2D eigenvalue weighted by molar-refractivity contribution is 0.698. The molecule has 25 heavy (non-hydrogen) atoms. The molecule has 1 N–H and O–H groups in total. The van der Waals surface area contributed by atoms with Gasteiger partial charge in [0.2, 0.25) is 5.95 Å². The number of fused-ring (bicyclic) bond motifs is 1. The molecule has 0 saturated carbocycles. The van der Waals surface area contributed by atoms with E-state index in [0.29, 0.717) is 5.95 Å². The summed E-state index contributed by atoms with van der Waals surface area (Å²) in [7, 11) is 0. The highest BCUT2D eigenvalue weighted by Gasteiger charge is 2.18. The van der Waals surface area contributed by atoms with Crippen LogP contribution in [0.15, 0.2) is 48.7 Å². The molecule has 5 heteroatoms. The van der Waals surface area contributed by atoms with Crippen molar-refractivity contribution in [2.45, 2.75) is 26.8 Å². The van der Waals surface area contributed by atoms with Crippen LogP contribution < -0.4 is 10.2 Å². The number of aryl methyl sites for hydroxylation is 2. The van der Waals surface area contributed by atoms with E-state index < -0.39 is 0 Å². The van der Waals surface area contributed by atoms with E-state index in [2.05, 4.69) is 81.7 Å². The topological polar surface area (TPSA) is 53.9 Å². The zero-order chi connectivity index (χ0) is 17.2. The van der Waals surface area contributed by atoms with E-state index in [-0.39, 0.29) is 0 Å². The molecule has 2 aromatic carbocycles.